The molecule has 3 rings (SSSR count). The van der Waals surface area contributed by atoms with Crippen molar-refractivity contribution in [3.63, 3.8) is 0 Å². The third-order valence-corrected chi connectivity index (χ3v) is 5.53. The van der Waals surface area contributed by atoms with E-state index in [4.69, 9.17) is 5.73 Å². The maximum Gasteiger partial charge on any atom is 0.226 e. The zero-order valence-corrected chi connectivity index (χ0v) is 13.6. The lowest BCUT2D eigenvalue weighted by atomic mass is 9.84. The highest BCUT2D eigenvalue weighted by atomic mass is 16.2. The first-order valence-corrected chi connectivity index (χ1v) is 8.76. The molecule has 2 fully saturated rings. The number of rotatable bonds is 5. The Bertz CT molecular complexity index is 497. The monoisotopic (exact) mass is 300 g/mol. The summed E-state index contributed by atoms with van der Waals surface area (Å²) in [6, 6.07) is 10.8. The topological polar surface area (TPSA) is 46.3 Å². The van der Waals surface area contributed by atoms with Crippen LogP contribution in [0.1, 0.15) is 57.1 Å². The van der Waals surface area contributed by atoms with Crippen LogP contribution in [-0.2, 0) is 4.79 Å². The number of hydrogen-bond donors (Lipinski definition) is 1. The van der Waals surface area contributed by atoms with Gasteiger partial charge in [-0.2, -0.15) is 0 Å². The van der Waals surface area contributed by atoms with Gasteiger partial charge in [0.1, 0.15) is 0 Å². The van der Waals surface area contributed by atoms with Gasteiger partial charge >= 0.3 is 0 Å². The molecule has 0 aliphatic heterocycles. The van der Waals surface area contributed by atoms with E-state index in [9.17, 15) is 4.79 Å². The van der Waals surface area contributed by atoms with E-state index >= 15 is 0 Å². The van der Waals surface area contributed by atoms with Crippen molar-refractivity contribution in [3.8, 4) is 0 Å². The Balaban J connectivity index is 1.75. The second kappa shape index (κ2) is 6.82. The molecule has 2 N–H and O–H groups in total. The highest BCUT2D eigenvalue weighted by Crippen LogP contribution is 2.34. The standard InChI is InChI=1S/C19H28N2O/c1-14(16-8-3-2-4-9-16)21(13-15-6-5-7-15)19(22)17-10-11-18(20)12-17/h2-4,8-9,14-15,17-18H,5-7,10-13,20H2,1H3. The van der Waals surface area contributed by atoms with Crippen molar-refractivity contribution in [3.05, 3.63) is 35.9 Å². The van der Waals surface area contributed by atoms with Gasteiger partial charge in [0.05, 0.1) is 6.04 Å². The molecule has 3 nitrogen and oxygen atoms in total. The SMILES string of the molecule is CC(c1ccccc1)N(CC1CCC1)C(=O)C1CCC(N)C1. The van der Waals surface area contributed by atoms with Crippen LogP contribution in [0.2, 0.25) is 0 Å². The first-order chi connectivity index (χ1) is 10.6. The third-order valence-electron chi connectivity index (χ3n) is 5.53. The molecule has 0 heterocycles. The molecule has 0 saturated heterocycles. The van der Waals surface area contributed by atoms with E-state index in [1.54, 1.807) is 0 Å². The lowest BCUT2D eigenvalue weighted by Gasteiger charge is -2.37. The summed E-state index contributed by atoms with van der Waals surface area (Å²) < 4.78 is 0. The molecule has 2 aliphatic carbocycles. The maximum atomic E-state index is 13.1. The molecule has 1 amide bonds. The fourth-order valence-electron chi connectivity index (χ4n) is 3.78. The first kappa shape index (κ1) is 15.5. The average molecular weight is 300 g/mol. The number of hydrogen-bond acceptors (Lipinski definition) is 2. The van der Waals surface area contributed by atoms with E-state index < -0.39 is 0 Å². The number of carbonyl (C=O) groups is 1. The normalized spacial score (nSPS) is 26.5. The summed E-state index contributed by atoms with van der Waals surface area (Å²) in [4.78, 5) is 15.2. The second-order valence-electron chi connectivity index (χ2n) is 7.14. The van der Waals surface area contributed by atoms with Gasteiger partial charge in [-0.3, -0.25) is 4.79 Å². The van der Waals surface area contributed by atoms with Gasteiger partial charge in [-0.1, -0.05) is 36.8 Å². The van der Waals surface area contributed by atoms with Crippen molar-refractivity contribution in [1.82, 2.24) is 4.90 Å². The van der Waals surface area contributed by atoms with E-state index in [-0.39, 0.29) is 18.0 Å². The number of nitrogens with zero attached hydrogens (tertiary/aromatic N) is 1. The fraction of sp³-hybridized carbons (Fsp3) is 0.632. The number of benzene rings is 1. The van der Waals surface area contributed by atoms with Crippen LogP contribution in [0.25, 0.3) is 0 Å². The van der Waals surface area contributed by atoms with Gasteiger partial charge in [-0.15, -0.1) is 0 Å². The van der Waals surface area contributed by atoms with Crippen LogP contribution in [0, 0.1) is 11.8 Å². The molecule has 2 aliphatic rings. The van der Waals surface area contributed by atoms with Gasteiger partial charge < -0.3 is 10.6 Å². The van der Waals surface area contributed by atoms with Crippen molar-refractivity contribution in [2.75, 3.05) is 6.54 Å². The lowest BCUT2D eigenvalue weighted by molar-refractivity contribution is -0.138. The smallest absolute Gasteiger partial charge is 0.226 e. The summed E-state index contributed by atoms with van der Waals surface area (Å²) in [5.74, 6) is 1.17. The summed E-state index contributed by atoms with van der Waals surface area (Å²) >= 11 is 0. The highest BCUT2D eigenvalue weighted by Gasteiger charge is 2.35. The number of nitrogens with two attached hydrogens (primary N) is 1. The highest BCUT2D eigenvalue weighted by molar-refractivity contribution is 5.79. The lowest BCUT2D eigenvalue weighted by Crippen LogP contribution is -2.42. The molecular weight excluding hydrogens is 272 g/mol. The Kier molecular flexibility index (Phi) is 4.82. The van der Waals surface area contributed by atoms with Crippen LogP contribution in [0.4, 0.5) is 0 Å². The number of amides is 1. The summed E-state index contributed by atoms with van der Waals surface area (Å²) in [7, 11) is 0. The quantitative estimate of drug-likeness (QED) is 0.904. The molecule has 2 saturated carbocycles. The van der Waals surface area contributed by atoms with Gasteiger partial charge in [0, 0.05) is 18.5 Å². The first-order valence-electron chi connectivity index (χ1n) is 8.76. The zero-order chi connectivity index (χ0) is 15.5. The fourth-order valence-corrected chi connectivity index (χ4v) is 3.78. The molecule has 3 unspecified atom stereocenters. The Morgan fingerprint density at radius 1 is 1.23 bits per heavy atom. The molecule has 1 aromatic rings. The Labute approximate surface area is 133 Å². The van der Waals surface area contributed by atoms with Crippen molar-refractivity contribution in [2.45, 2.75) is 57.5 Å². The predicted octanol–water partition coefficient (Wildman–Crippen LogP) is 3.50. The maximum absolute atomic E-state index is 13.1. The Morgan fingerprint density at radius 3 is 2.50 bits per heavy atom. The van der Waals surface area contributed by atoms with Crippen LogP contribution < -0.4 is 5.73 Å². The minimum Gasteiger partial charge on any atom is -0.335 e. The molecule has 1 aromatic carbocycles. The zero-order valence-electron chi connectivity index (χ0n) is 13.6. The summed E-state index contributed by atoms with van der Waals surface area (Å²) in [5.41, 5.74) is 7.25. The van der Waals surface area contributed by atoms with Crippen LogP contribution in [-0.4, -0.2) is 23.4 Å². The van der Waals surface area contributed by atoms with Gasteiger partial charge in [-0.05, 0) is 50.5 Å². The van der Waals surface area contributed by atoms with Crippen molar-refractivity contribution >= 4 is 5.91 Å². The van der Waals surface area contributed by atoms with Crippen LogP contribution in [0.15, 0.2) is 30.3 Å². The van der Waals surface area contributed by atoms with Gasteiger partial charge in [0.15, 0.2) is 0 Å². The molecule has 120 valence electrons. The van der Waals surface area contributed by atoms with Crippen molar-refractivity contribution in [1.29, 1.82) is 0 Å². The predicted molar refractivity (Wildman–Crippen MR) is 89.2 cm³/mol. The third kappa shape index (κ3) is 3.35. The molecule has 0 radical (unpaired) electrons. The molecule has 0 spiro atoms. The Morgan fingerprint density at radius 2 is 1.95 bits per heavy atom. The second-order valence-corrected chi connectivity index (χ2v) is 7.14. The largest absolute Gasteiger partial charge is 0.335 e. The van der Waals surface area contributed by atoms with E-state index in [1.807, 2.05) is 6.07 Å². The molecular formula is C19H28N2O. The van der Waals surface area contributed by atoms with E-state index in [1.165, 1.54) is 24.8 Å². The van der Waals surface area contributed by atoms with Crippen LogP contribution in [0.3, 0.4) is 0 Å². The van der Waals surface area contributed by atoms with E-state index in [0.29, 0.717) is 11.8 Å². The molecule has 3 heteroatoms. The minimum absolute atomic E-state index is 0.140. The average Bonchev–Trinajstić information content (AvgIpc) is 2.93. The molecule has 0 bridgehead atoms. The van der Waals surface area contributed by atoms with Crippen molar-refractivity contribution in [2.24, 2.45) is 17.6 Å². The van der Waals surface area contributed by atoms with Gasteiger partial charge in [0.25, 0.3) is 0 Å². The van der Waals surface area contributed by atoms with Gasteiger partial charge in [0.2, 0.25) is 5.91 Å². The van der Waals surface area contributed by atoms with Crippen LogP contribution in [0.5, 0.6) is 0 Å². The number of carbonyl (C=O) groups excluding carboxylic acids is 1. The Hall–Kier alpha value is -1.35. The summed E-state index contributed by atoms with van der Waals surface area (Å²) in [5, 5.41) is 0. The molecule has 3 atom stereocenters. The van der Waals surface area contributed by atoms with Crippen molar-refractivity contribution < 1.29 is 4.79 Å². The summed E-state index contributed by atoms with van der Waals surface area (Å²) in [6.45, 7) is 3.08. The van der Waals surface area contributed by atoms with Crippen LogP contribution >= 0.6 is 0 Å². The van der Waals surface area contributed by atoms with E-state index in [0.717, 1.165) is 25.8 Å². The molecule has 22 heavy (non-hydrogen) atoms. The summed E-state index contributed by atoms with van der Waals surface area (Å²) in [6.07, 6.45) is 6.68. The van der Waals surface area contributed by atoms with Gasteiger partial charge in [-0.25, -0.2) is 0 Å². The molecule has 0 aromatic heterocycles. The van der Waals surface area contributed by atoms with E-state index in [2.05, 4.69) is 36.1 Å². The minimum atomic E-state index is 0.140.